The van der Waals surface area contributed by atoms with Crippen LogP contribution in [-0.2, 0) is 14.4 Å². The van der Waals surface area contributed by atoms with E-state index in [2.05, 4.69) is 5.32 Å². The summed E-state index contributed by atoms with van der Waals surface area (Å²) in [5.74, 6) is -1.15. The number of hydrogen-bond donors (Lipinski definition) is 2. The molecule has 2 atom stereocenters. The molecule has 1 aromatic carbocycles. The molecule has 1 saturated heterocycles. The van der Waals surface area contributed by atoms with Gasteiger partial charge in [-0.15, -0.1) is 0 Å². The van der Waals surface area contributed by atoms with Gasteiger partial charge in [-0.25, -0.2) is 4.79 Å². The molecule has 2 amide bonds. The lowest BCUT2D eigenvalue weighted by Crippen LogP contribution is -2.44. The lowest BCUT2D eigenvalue weighted by molar-refractivity contribution is -0.142. The number of amides is 2. The summed E-state index contributed by atoms with van der Waals surface area (Å²) in [7, 11) is 3.03. The number of aliphatic carboxylic acids is 1. The summed E-state index contributed by atoms with van der Waals surface area (Å²) >= 11 is 0. The van der Waals surface area contributed by atoms with Crippen molar-refractivity contribution in [2.75, 3.05) is 25.7 Å². The van der Waals surface area contributed by atoms with Crippen molar-refractivity contribution in [3.05, 3.63) is 18.2 Å². The van der Waals surface area contributed by atoms with Gasteiger partial charge >= 0.3 is 5.97 Å². The second kappa shape index (κ2) is 8.75. The quantitative estimate of drug-likeness (QED) is 0.713. The minimum atomic E-state index is -1.07. The summed E-state index contributed by atoms with van der Waals surface area (Å²) in [5.41, 5.74) is 0.551. The standard InChI is InChI=1S/C19H26N2O6/c1-11(2)7-14(19(24)25)20-18(23)12-8-17(22)21(10-12)15-6-5-13(26-3)9-16(15)27-4/h5-6,9,11-12,14H,7-8,10H2,1-4H3,(H,20,23)(H,24,25). The van der Waals surface area contributed by atoms with Gasteiger partial charge in [0.2, 0.25) is 11.8 Å². The molecule has 27 heavy (non-hydrogen) atoms. The fourth-order valence-corrected chi connectivity index (χ4v) is 3.11. The summed E-state index contributed by atoms with van der Waals surface area (Å²) in [6.07, 6.45) is 0.354. The first kappa shape index (κ1) is 20.5. The van der Waals surface area contributed by atoms with Crippen molar-refractivity contribution >= 4 is 23.5 Å². The Balaban J connectivity index is 2.12. The molecule has 0 saturated carbocycles. The van der Waals surface area contributed by atoms with Gasteiger partial charge in [-0.1, -0.05) is 13.8 Å². The molecule has 1 aliphatic heterocycles. The van der Waals surface area contributed by atoms with Crippen LogP contribution < -0.4 is 19.7 Å². The molecule has 2 N–H and O–H groups in total. The summed E-state index contributed by atoms with van der Waals surface area (Å²) < 4.78 is 10.5. The van der Waals surface area contributed by atoms with E-state index in [1.165, 1.54) is 19.1 Å². The van der Waals surface area contributed by atoms with Gasteiger partial charge in [-0.2, -0.15) is 0 Å². The Hall–Kier alpha value is -2.77. The lowest BCUT2D eigenvalue weighted by atomic mass is 10.0. The first-order valence-corrected chi connectivity index (χ1v) is 8.82. The fourth-order valence-electron chi connectivity index (χ4n) is 3.11. The van der Waals surface area contributed by atoms with Crippen molar-refractivity contribution in [1.82, 2.24) is 5.32 Å². The van der Waals surface area contributed by atoms with Crippen LogP contribution in [0.1, 0.15) is 26.7 Å². The number of carbonyl (C=O) groups excluding carboxylic acids is 2. The third-order valence-electron chi connectivity index (χ3n) is 4.50. The van der Waals surface area contributed by atoms with Crippen molar-refractivity contribution in [2.45, 2.75) is 32.7 Å². The van der Waals surface area contributed by atoms with Crippen LogP contribution in [0, 0.1) is 11.8 Å². The topological polar surface area (TPSA) is 105 Å². The summed E-state index contributed by atoms with van der Waals surface area (Å²) in [6, 6.07) is 4.12. The molecule has 8 nitrogen and oxygen atoms in total. The number of hydrogen-bond acceptors (Lipinski definition) is 5. The molecule has 0 aliphatic carbocycles. The number of methoxy groups -OCH3 is 2. The molecule has 0 spiro atoms. The number of carboxylic acid groups (broad SMARTS) is 1. The van der Waals surface area contributed by atoms with Crippen molar-refractivity contribution in [2.24, 2.45) is 11.8 Å². The maximum absolute atomic E-state index is 12.5. The predicted molar refractivity (Wildman–Crippen MR) is 99.0 cm³/mol. The van der Waals surface area contributed by atoms with Crippen molar-refractivity contribution < 1.29 is 29.0 Å². The Labute approximate surface area is 158 Å². The Morgan fingerprint density at radius 2 is 2.00 bits per heavy atom. The predicted octanol–water partition coefficient (Wildman–Crippen LogP) is 1.67. The van der Waals surface area contributed by atoms with E-state index in [-0.39, 0.29) is 24.8 Å². The van der Waals surface area contributed by atoms with Crippen LogP contribution in [0.15, 0.2) is 18.2 Å². The first-order chi connectivity index (χ1) is 12.8. The third kappa shape index (κ3) is 4.90. The molecule has 2 rings (SSSR count). The number of nitrogens with one attached hydrogen (secondary N) is 1. The molecule has 1 fully saturated rings. The van der Waals surface area contributed by atoms with Crippen molar-refractivity contribution in [3.8, 4) is 11.5 Å². The minimum Gasteiger partial charge on any atom is -0.497 e. The van der Waals surface area contributed by atoms with Gasteiger partial charge in [-0.3, -0.25) is 9.59 Å². The molecular weight excluding hydrogens is 352 g/mol. The average molecular weight is 378 g/mol. The molecule has 1 heterocycles. The molecule has 2 unspecified atom stereocenters. The molecule has 8 heteroatoms. The highest BCUT2D eigenvalue weighted by atomic mass is 16.5. The van der Waals surface area contributed by atoms with Crippen LogP contribution in [0.2, 0.25) is 0 Å². The summed E-state index contributed by atoms with van der Waals surface area (Å²) in [5, 5.41) is 11.9. The Bertz CT molecular complexity index is 718. The average Bonchev–Trinajstić information content (AvgIpc) is 3.01. The molecule has 0 aromatic heterocycles. The minimum absolute atomic E-state index is 0.0229. The van der Waals surface area contributed by atoms with Crippen LogP contribution in [0.25, 0.3) is 0 Å². The highest BCUT2D eigenvalue weighted by Crippen LogP contribution is 2.35. The third-order valence-corrected chi connectivity index (χ3v) is 4.50. The molecule has 0 radical (unpaired) electrons. The summed E-state index contributed by atoms with van der Waals surface area (Å²) in [6.45, 7) is 3.94. The van der Waals surface area contributed by atoms with Gasteiger partial charge in [0, 0.05) is 19.0 Å². The number of ether oxygens (including phenoxy) is 2. The lowest BCUT2D eigenvalue weighted by Gasteiger charge is -2.21. The fraction of sp³-hybridized carbons (Fsp3) is 0.526. The zero-order valence-electron chi connectivity index (χ0n) is 16.0. The number of anilines is 1. The number of benzene rings is 1. The van der Waals surface area contributed by atoms with Gasteiger partial charge in [0.1, 0.15) is 17.5 Å². The van der Waals surface area contributed by atoms with E-state index in [0.717, 1.165) is 0 Å². The maximum atomic E-state index is 12.5. The number of carboxylic acids is 1. The molecule has 148 valence electrons. The van der Waals surface area contributed by atoms with Gasteiger partial charge < -0.3 is 24.8 Å². The monoisotopic (exact) mass is 378 g/mol. The highest BCUT2D eigenvalue weighted by Gasteiger charge is 2.37. The van der Waals surface area contributed by atoms with E-state index in [0.29, 0.717) is 23.6 Å². The second-order valence-electron chi connectivity index (χ2n) is 6.97. The number of nitrogens with zero attached hydrogens (tertiary/aromatic N) is 1. The SMILES string of the molecule is COc1ccc(N2CC(C(=O)NC(CC(C)C)C(=O)O)CC2=O)c(OC)c1. The van der Waals surface area contributed by atoms with Crippen LogP contribution in [0.3, 0.4) is 0 Å². The largest absolute Gasteiger partial charge is 0.497 e. The van der Waals surface area contributed by atoms with E-state index >= 15 is 0 Å². The van der Waals surface area contributed by atoms with Crippen LogP contribution >= 0.6 is 0 Å². The molecule has 1 aromatic rings. The second-order valence-corrected chi connectivity index (χ2v) is 6.97. The summed E-state index contributed by atoms with van der Waals surface area (Å²) in [4.78, 5) is 37.8. The zero-order chi connectivity index (χ0) is 20.1. The van der Waals surface area contributed by atoms with Crippen LogP contribution in [-0.4, -0.2) is 49.7 Å². The van der Waals surface area contributed by atoms with Crippen LogP contribution in [0.5, 0.6) is 11.5 Å². The van der Waals surface area contributed by atoms with E-state index in [1.54, 1.807) is 18.2 Å². The van der Waals surface area contributed by atoms with Crippen molar-refractivity contribution in [3.63, 3.8) is 0 Å². The van der Waals surface area contributed by atoms with Crippen molar-refractivity contribution in [1.29, 1.82) is 0 Å². The van der Waals surface area contributed by atoms with Crippen LogP contribution in [0.4, 0.5) is 5.69 Å². The normalized spacial score (nSPS) is 17.7. The Morgan fingerprint density at radius 3 is 2.56 bits per heavy atom. The van der Waals surface area contributed by atoms with Gasteiger partial charge in [0.05, 0.1) is 25.8 Å². The Kier molecular flexibility index (Phi) is 6.65. The Morgan fingerprint density at radius 1 is 1.30 bits per heavy atom. The molecular formula is C19H26N2O6. The smallest absolute Gasteiger partial charge is 0.326 e. The maximum Gasteiger partial charge on any atom is 0.326 e. The number of carbonyl (C=O) groups is 3. The van der Waals surface area contributed by atoms with Gasteiger partial charge in [0.25, 0.3) is 0 Å². The zero-order valence-corrected chi connectivity index (χ0v) is 16.0. The van der Waals surface area contributed by atoms with Gasteiger partial charge in [0.15, 0.2) is 0 Å². The van der Waals surface area contributed by atoms with E-state index in [9.17, 15) is 19.5 Å². The highest BCUT2D eigenvalue weighted by molar-refractivity contribution is 6.01. The first-order valence-electron chi connectivity index (χ1n) is 8.82. The van der Waals surface area contributed by atoms with Gasteiger partial charge in [-0.05, 0) is 24.5 Å². The number of rotatable bonds is 8. The van der Waals surface area contributed by atoms with E-state index in [1.807, 2.05) is 13.8 Å². The van der Waals surface area contributed by atoms with E-state index in [4.69, 9.17) is 9.47 Å². The van der Waals surface area contributed by atoms with E-state index < -0.39 is 23.8 Å². The molecule has 0 bridgehead atoms. The molecule has 1 aliphatic rings.